The molecule has 0 amide bonds. The molecule has 0 saturated heterocycles. The van der Waals surface area contributed by atoms with Crippen LogP contribution in [0.3, 0.4) is 0 Å². The van der Waals surface area contributed by atoms with E-state index in [9.17, 15) is 4.39 Å². The molecule has 3 rings (SSSR count). The Hall–Kier alpha value is -2.40. The molecule has 0 radical (unpaired) electrons. The molecule has 0 fully saturated rings. The van der Waals surface area contributed by atoms with Gasteiger partial charge >= 0.3 is 0 Å². The van der Waals surface area contributed by atoms with Crippen LogP contribution in [0.2, 0.25) is 0 Å². The minimum absolute atomic E-state index is 0.183. The number of halogens is 1. The Balaban J connectivity index is 1.91. The van der Waals surface area contributed by atoms with Gasteiger partial charge in [-0.1, -0.05) is 6.07 Å². The van der Waals surface area contributed by atoms with Crippen LogP contribution < -0.4 is 10.5 Å². The number of rotatable bonds is 3. The van der Waals surface area contributed by atoms with Crippen molar-refractivity contribution in [3.8, 4) is 11.5 Å². The van der Waals surface area contributed by atoms with E-state index in [2.05, 4.69) is 5.10 Å². The van der Waals surface area contributed by atoms with Gasteiger partial charge in [0.2, 0.25) is 0 Å². The van der Waals surface area contributed by atoms with Gasteiger partial charge in [0.1, 0.15) is 5.75 Å². The van der Waals surface area contributed by atoms with E-state index in [0.29, 0.717) is 5.75 Å². The van der Waals surface area contributed by atoms with E-state index in [0.717, 1.165) is 16.5 Å². The number of aromatic nitrogens is 2. The molecule has 108 valence electrons. The molecule has 0 aliphatic heterocycles. The summed E-state index contributed by atoms with van der Waals surface area (Å²) in [6, 6.07) is 10.1. The predicted octanol–water partition coefficient (Wildman–Crippen LogP) is 3.52. The van der Waals surface area contributed by atoms with Crippen molar-refractivity contribution in [3.05, 3.63) is 54.0 Å². The molecule has 1 aromatic heterocycles. The molecule has 4 nitrogen and oxygen atoms in total. The summed E-state index contributed by atoms with van der Waals surface area (Å²) in [4.78, 5) is 0. The Morgan fingerprint density at radius 3 is 2.76 bits per heavy atom. The smallest absolute Gasteiger partial charge is 0.166 e. The highest BCUT2D eigenvalue weighted by molar-refractivity contribution is 5.80. The second kappa shape index (κ2) is 5.18. The minimum atomic E-state index is -0.420. The van der Waals surface area contributed by atoms with Crippen LogP contribution in [0.15, 0.2) is 42.6 Å². The summed E-state index contributed by atoms with van der Waals surface area (Å²) >= 11 is 0. The van der Waals surface area contributed by atoms with Gasteiger partial charge in [-0.15, -0.1) is 0 Å². The van der Waals surface area contributed by atoms with Crippen molar-refractivity contribution < 1.29 is 9.13 Å². The van der Waals surface area contributed by atoms with Crippen molar-refractivity contribution in [2.24, 2.45) is 12.8 Å². The van der Waals surface area contributed by atoms with Crippen LogP contribution in [-0.4, -0.2) is 9.78 Å². The van der Waals surface area contributed by atoms with E-state index >= 15 is 0 Å². The number of benzene rings is 2. The number of nitrogens with zero attached hydrogens (tertiary/aromatic N) is 2. The van der Waals surface area contributed by atoms with Crippen molar-refractivity contribution in [1.82, 2.24) is 9.78 Å². The summed E-state index contributed by atoms with van der Waals surface area (Å²) in [5.41, 5.74) is 7.47. The first kappa shape index (κ1) is 13.6. The quantitative estimate of drug-likeness (QED) is 0.801. The second-order valence-electron chi connectivity index (χ2n) is 5.07. The van der Waals surface area contributed by atoms with Crippen LogP contribution in [0.1, 0.15) is 18.5 Å². The van der Waals surface area contributed by atoms with Crippen LogP contribution in [0.5, 0.6) is 11.5 Å². The summed E-state index contributed by atoms with van der Waals surface area (Å²) in [6.07, 6.45) is 1.75. The van der Waals surface area contributed by atoms with Crippen LogP contribution in [0, 0.1) is 5.82 Å². The van der Waals surface area contributed by atoms with Crippen molar-refractivity contribution in [2.45, 2.75) is 13.0 Å². The molecule has 21 heavy (non-hydrogen) atoms. The number of hydrogen-bond acceptors (Lipinski definition) is 3. The summed E-state index contributed by atoms with van der Waals surface area (Å²) in [5.74, 6) is 0.335. The average molecular weight is 285 g/mol. The van der Waals surface area contributed by atoms with Crippen LogP contribution in [-0.2, 0) is 7.05 Å². The van der Waals surface area contributed by atoms with Crippen LogP contribution >= 0.6 is 0 Å². The van der Waals surface area contributed by atoms with Crippen LogP contribution in [0.4, 0.5) is 4.39 Å². The Morgan fingerprint density at radius 1 is 1.24 bits per heavy atom. The second-order valence-corrected chi connectivity index (χ2v) is 5.07. The third-order valence-corrected chi connectivity index (χ3v) is 3.43. The number of fused-ring (bicyclic) bond motifs is 1. The molecule has 0 saturated carbocycles. The highest BCUT2D eigenvalue weighted by Gasteiger charge is 2.09. The largest absolute Gasteiger partial charge is 0.454 e. The molecule has 0 aliphatic rings. The maximum Gasteiger partial charge on any atom is 0.166 e. The average Bonchev–Trinajstić information content (AvgIpc) is 2.82. The van der Waals surface area contributed by atoms with Gasteiger partial charge in [-0.25, -0.2) is 4.39 Å². The molecule has 0 bridgehead atoms. The first-order valence-corrected chi connectivity index (χ1v) is 6.69. The number of nitrogens with two attached hydrogens (primary N) is 1. The van der Waals surface area contributed by atoms with E-state index < -0.39 is 5.82 Å². The van der Waals surface area contributed by atoms with Gasteiger partial charge in [0.25, 0.3) is 0 Å². The molecular weight excluding hydrogens is 269 g/mol. The third-order valence-electron chi connectivity index (χ3n) is 3.43. The number of aryl methyl sites for hydroxylation is 1. The molecule has 0 aliphatic carbocycles. The highest BCUT2D eigenvalue weighted by atomic mass is 19.1. The van der Waals surface area contributed by atoms with Gasteiger partial charge in [0.05, 0.1) is 11.7 Å². The zero-order valence-electron chi connectivity index (χ0n) is 11.9. The first-order valence-electron chi connectivity index (χ1n) is 6.69. The van der Waals surface area contributed by atoms with Gasteiger partial charge in [0, 0.05) is 18.5 Å². The first-order chi connectivity index (χ1) is 10.0. The molecular formula is C16H16FN3O. The summed E-state index contributed by atoms with van der Waals surface area (Å²) in [6.45, 7) is 1.81. The van der Waals surface area contributed by atoms with Gasteiger partial charge in [0.15, 0.2) is 11.6 Å². The lowest BCUT2D eigenvalue weighted by molar-refractivity contribution is 0.442. The predicted molar refractivity (Wildman–Crippen MR) is 79.8 cm³/mol. The fourth-order valence-corrected chi connectivity index (χ4v) is 2.22. The van der Waals surface area contributed by atoms with E-state index in [1.54, 1.807) is 29.1 Å². The minimum Gasteiger partial charge on any atom is -0.454 e. The zero-order valence-corrected chi connectivity index (χ0v) is 11.9. The molecule has 1 atom stereocenters. The molecule has 3 aromatic rings. The van der Waals surface area contributed by atoms with Gasteiger partial charge < -0.3 is 10.5 Å². The van der Waals surface area contributed by atoms with E-state index in [4.69, 9.17) is 10.5 Å². The van der Waals surface area contributed by atoms with Gasteiger partial charge in [-0.05, 0) is 42.8 Å². The van der Waals surface area contributed by atoms with Crippen molar-refractivity contribution in [3.63, 3.8) is 0 Å². The van der Waals surface area contributed by atoms with Crippen LogP contribution in [0.25, 0.3) is 10.9 Å². The normalized spacial score (nSPS) is 12.6. The lowest BCUT2D eigenvalue weighted by Gasteiger charge is -2.10. The Labute approximate surface area is 121 Å². The van der Waals surface area contributed by atoms with E-state index in [1.165, 1.54) is 6.07 Å². The Bertz CT molecular complexity index is 795. The Kier molecular flexibility index (Phi) is 3.35. The molecule has 5 heteroatoms. The molecule has 0 spiro atoms. The SMILES string of the molecule is C[C@H](N)c1ccc(Oc2ccc3c(cnn3C)c2)c(F)c1. The van der Waals surface area contributed by atoms with E-state index in [1.807, 2.05) is 26.1 Å². The van der Waals surface area contributed by atoms with E-state index in [-0.39, 0.29) is 11.8 Å². The summed E-state index contributed by atoms with van der Waals surface area (Å²) in [7, 11) is 1.87. The van der Waals surface area contributed by atoms with Crippen molar-refractivity contribution in [2.75, 3.05) is 0 Å². The highest BCUT2D eigenvalue weighted by Crippen LogP contribution is 2.28. The monoisotopic (exact) mass is 285 g/mol. The molecule has 0 unspecified atom stereocenters. The lowest BCUT2D eigenvalue weighted by atomic mass is 10.1. The zero-order chi connectivity index (χ0) is 15.0. The van der Waals surface area contributed by atoms with Gasteiger partial charge in [-0.2, -0.15) is 5.10 Å². The molecule has 2 N–H and O–H groups in total. The molecule has 1 heterocycles. The number of ether oxygens (including phenoxy) is 1. The fraction of sp³-hybridized carbons (Fsp3) is 0.188. The maximum atomic E-state index is 14.0. The topological polar surface area (TPSA) is 53.1 Å². The fourth-order valence-electron chi connectivity index (χ4n) is 2.22. The molecule has 2 aromatic carbocycles. The third kappa shape index (κ3) is 2.60. The Morgan fingerprint density at radius 2 is 2.05 bits per heavy atom. The lowest BCUT2D eigenvalue weighted by Crippen LogP contribution is -2.05. The summed E-state index contributed by atoms with van der Waals surface area (Å²) < 4.78 is 21.4. The number of hydrogen-bond donors (Lipinski definition) is 1. The van der Waals surface area contributed by atoms with Crippen molar-refractivity contribution in [1.29, 1.82) is 0 Å². The van der Waals surface area contributed by atoms with Gasteiger partial charge in [-0.3, -0.25) is 4.68 Å². The maximum absolute atomic E-state index is 14.0. The standard InChI is InChI=1S/C16H16FN3O/c1-10(18)11-3-6-16(14(17)8-11)21-13-4-5-15-12(7-13)9-19-20(15)2/h3-10H,18H2,1-2H3/t10-/m0/s1. The van der Waals surface area contributed by atoms with Crippen molar-refractivity contribution >= 4 is 10.9 Å². The summed E-state index contributed by atoms with van der Waals surface area (Å²) in [5, 5.41) is 5.11.